The van der Waals surface area contributed by atoms with E-state index < -0.39 is 0 Å². The first kappa shape index (κ1) is 33.2. The van der Waals surface area contributed by atoms with Crippen LogP contribution in [0.2, 0.25) is 10.0 Å². The number of nitrogens with zero attached hydrogens (tertiary/aromatic N) is 3. The number of aliphatic hydroxyl groups excluding tert-OH is 1. The zero-order valence-corrected chi connectivity index (χ0v) is 28.1. The molecule has 0 spiro atoms. The number of aromatic nitrogens is 3. The highest BCUT2D eigenvalue weighted by Crippen LogP contribution is 2.42. The van der Waals surface area contributed by atoms with Gasteiger partial charge in [-0.05, 0) is 57.1 Å². The normalized spacial score (nSPS) is 18.9. The molecular weight excluding hydrogens is 637 g/mol. The summed E-state index contributed by atoms with van der Waals surface area (Å²) in [5, 5.41) is 17.0. The number of rotatable bonds is 13. The molecule has 2 fully saturated rings. The molecule has 2 aromatic heterocycles. The lowest BCUT2D eigenvalue weighted by Gasteiger charge is -2.31. The van der Waals surface area contributed by atoms with E-state index in [4.69, 9.17) is 42.6 Å². The molecule has 0 unspecified atom stereocenters. The summed E-state index contributed by atoms with van der Waals surface area (Å²) < 4.78 is 11.3. The van der Waals surface area contributed by atoms with Crippen LogP contribution in [-0.2, 0) is 17.8 Å². The summed E-state index contributed by atoms with van der Waals surface area (Å²) >= 11 is 14.1. The SMILES string of the molecule is COc1nc(-c2cccc(-c3cccc(-c4cnc(CNCC5CC(O)C5)c(OC)n4)c3Cl)c2Cl)ccc1CCC[C@@H]1CCC(=O)N1. The van der Waals surface area contributed by atoms with E-state index in [9.17, 15) is 9.90 Å². The minimum absolute atomic E-state index is 0.139. The van der Waals surface area contributed by atoms with Gasteiger partial charge in [-0.3, -0.25) is 9.78 Å². The number of hydrogen-bond acceptors (Lipinski definition) is 8. The van der Waals surface area contributed by atoms with Gasteiger partial charge in [-0.15, -0.1) is 0 Å². The molecule has 1 amide bonds. The first-order valence-corrected chi connectivity index (χ1v) is 16.8. The van der Waals surface area contributed by atoms with Gasteiger partial charge in [0, 0.05) is 46.8 Å². The molecule has 1 aliphatic heterocycles. The molecule has 3 heterocycles. The third-order valence-electron chi connectivity index (χ3n) is 9.00. The molecule has 6 rings (SSSR count). The van der Waals surface area contributed by atoms with Crippen LogP contribution in [0, 0.1) is 5.92 Å². The van der Waals surface area contributed by atoms with Gasteiger partial charge in [-0.2, -0.15) is 0 Å². The highest BCUT2D eigenvalue weighted by Gasteiger charge is 2.27. The second kappa shape index (κ2) is 15.0. The average molecular weight is 677 g/mol. The zero-order valence-electron chi connectivity index (χ0n) is 26.6. The topological polar surface area (TPSA) is 118 Å². The number of nitrogens with one attached hydrogen (secondary N) is 2. The fraction of sp³-hybridized carbons (Fsp3) is 0.389. The Morgan fingerprint density at radius 1 is 0.915 bits per heavy atom. The molecule has 47 heavy (non-hydrogen) atoms. The van der Waals surface area contributed by atoms with Crippen molar-refractivity contribution in [2.75, 3.05) is 20.8 Å². The second-order valence-electron chi connectivity index (χ2n) is 12.2. The van der Waals surface area contributed by atoms with Gasteiger partial charge in [-0.25, -0.2) is 9.97 Å². The number of aliphatic hydroxyl groups is 1. The van der Waals surface area contributed by atoms with Gasteiger partial charge >= 0.3 is 0 Å². The Labute approximate surface area is 285 Å². The molecule has 1 saturated carbocycles. The lowest BCUT2D eigenvalue weighted by Crippen LogP contribution is -2.36. The van der Waals surface area contributed by atoms with E-state index in [1.165, 1.54) is 0 Å². The number of benzene rings is 2. The number of pyridine rings is 1. The molecule has 246 valence electrons. The Kier molecular flexibility index (Phi) is 10.6. The van der Waals surface area contributed by atoms with Gasteiger partial charge in [0.1, 0.15) is 5.69 Å². The van der Waals surface area contributed by atoms with Gasteiger partial charge in [0.25, 0.3) is 0 Å². The lowest BCUT2D eigenvalue weighted by molar-refractivity contribution is -0.119. The summed E-state index contributed by atoms with van der Waals surface area (Å²) in [7, 11) is 3.20. The fourth-order valence-electron chi connectivity index (χ4n) is 6.37. The lowest BCUT2D eigenvalue weighted by atomic mass is 9.82. The number of hydrogen-bond donors (Lipinski definition) is 3. The number of halogens is 2. The maximum atomic E-state index is 11.5. The van der Waals surface area contributed by atoms with Crippen molar-refractivity contribution in [2.45, 2.75) is 63.6 Å². The summed E-state index contributed by atoms with van der Waals surface area (Å²) in [6.07, 6.45) is 7.36. The van der Waals surface area contributed by atoms with Crippen LogP contribution in [0.1, 0.15) is 49.8 Å². The van der Waals surface area contributed by atoms with Crippen LogP contribution in [0.3, 0.4) is 0 Å². The number of carbonyl (C=O) groups is 1. The summed E-state index contributed by atoms with van der Waals surface area (Å²) in [6, 6.07) is 15.8. The van der Waals surface area contributed by atoms with Crippen molar-refractivity contribution in [2.24, 2.45) is 5.92 Å². The standard InChI is InChI=1S/C36H39Cl2N5O4/c1-46-35-22(6-3-7-23-13-15-32(45)41-23)12-14-29(42-35)27-10-4-8-25(33(27)37)26-9-5-11-28(34(26)38)30-20-40-31(36(43-30)47-2)19-39-18-21-16-24(44)17-21/h4-5,8-12,14,20-21,23-24,39,44H,3,6-7,13,15-19H2,1-2H3,(H,41,45)/t21?,23-,24?/m1/s1. The highest BCUT2D eigenvalue weighted by atomic mass is 35.5. The maximum Gasteiger partial charge on any atom is 0.237 e. The summed E-state index contributed by atoms with van der Waals surface area (Å²) in [5.74, 6) is 1.61. The Hall–Kier alpha value is -3.76. The van der Waals surface area contributed by atoms with Crippen molar-refractivity contribution in [1.82, 2.24) is 25.6 Å². The Morgan fingerprint density at radius 2 is 1.57 bits per heavy atom. The van der Waals surface area contributed by atoms with Crippen LogP contribution in [0.5, 0.6) is 11.8 Å². The molecule has 9 nitrogen and oxygen atoms in total. The van der Waals surface area contributed by atoms with E-state index in [-0.39, 0.29) is 18.1 Å². The molecule has 2 aliphatic rings. The molecule has 0 bridgehead atoms. The first-order chi connectivity index (χ1) is 22.8. The maximum absolute atomic E-state index is 11.5. The predicted octanol–water partition coefficient (Wildman–Crippen LogP) is 6.66. The number of carbonyl (C=O) groups excluding carboxylic acids is 1. The molecule has 1 aliphatic carbocycles. The van der Waals surface area contributed by atoms with E-state index in [0.29, 0.717) is 63.3 Å². The van der Waals surface area contributed by atoms with Gasteiger partial charge in [0.05, 0.1) is 48.0 Å². The third kappa shape index (κ3) is 7.54. The smallest absolute Gasteiger partial charge is 0.237 e. The summed E-state index contributed by atoms with van der Waals surface area (Å²) in [4.78, 5) is 25.7. The zero-order chi connectivity index (χ0) is 32.9. The number of aryl methyl sites for hydroxylation is 1. The fourth-order valence-corrected chi connectivity index (χ4v) is 7.02. The summed E-state index contributed by atoms with van der Waals surface area (Å²) in [5.41, 5.74) is 5.99. The minimum Gasteiger partial charge on any atom is -0.481 e. The predicted molar refractivity (Wildman–Crippen MR) is 184 cm³/mol. The monoisotopic (exact) mass is 675 g/mol. The van der Waals surface area contributed by atoms with E-state index in [1.807, 2.05) is 48.5 Å². The Balaban J connectivity index is 1.21. The van der Waals surface area contributed by atoms with Gasteiger partial charge in [-0.1, -0.05) is 65.7 Å². The van der Waals surface area contributed by atoms with Crippen LogP contribution in [-0.4, -0.2) is 58.9 Å². The molecule has 1 saturated heterocycles. The van der Waals surface area contributed by atoms with Crippen molar-refractivity contribution >= 4 is 29.1 Å². The van der Waals surface area contributed by atoms with Gasteiger partial charge < -0.3 is 25.2 Å². The second-order valence-corrected chi connectivity index (χ2v) is 13.0. The van der Waals surface area contributed by atoms with E-state index in [2.05, 4.69) is 15.6 Å². The number of methoxy groups -OCH3 is 2. The van der Waals surface area contributed by atoms with Crippen LogP contribution in [0.4, 0.5) is 0 Å². The van der Waals surface area contributed by atoms with Gasteiger partial charge in [0.2, 0.25) is 17.7 Å². The number of ether oxygens (including phenoxy) is 2. The van der Waals surface area contributed by atoms with Crippen molar-refractivity contribution in [3.63, 3.8) is 0 Å². The van der Waals surface area contributed by atoms with Crippen molar-refractivity contribution < 1.29 is 19.4 Å². The molecular formula is C36H39Cl2N5O4. The molecule has 0 radical (unpaired) electrons. The highest BCUT2D eigenvalue weighted by molar-refractivity contribution is 6.39. The molecule has 1 atom stereocenters. The van der Waals surface area contributed by atoms with E-state index >= 15 is 0 Å². The average Bonchev–Trinajstić information content (AvgIpc) is 3.49. The van der Waals surface area contributed by atoms with Crippen molar-refractivity contribution in [1.29, 1.82) is 0 Å². The molecule has 2 aromatic carbocycles. The summed E-state index contributed by atoms with van der Waals surface area (Å²) in [6.45, 7) is 1.32. The van der Waals surface area contributed by atoms with Crippen LogP contribution in [0.15, 0.2) is 54.7 Å². The number of amides is 1. The first-order valence-electron chi connectivity index (χ1n) is 16.0. The third-order valence-corrected chi connectivity index (χ3v) is 9.81. The van der Waals surface area contributed by atoms with E-state index in [0.717, 1.165) is 67.3 Å². The van der Waals surface area contributed by atoms with Crippen LogP contribution >= 0.6 is 23.2 Å². The van der Waals surface area contributed by atoms with Crippen molar-refractivity contribution in [3.8, 4) is 45.4 Å². The largest absolute Gasteiger partial charge is 0.481 e. The quantitative estimate of drug-likeness (QED) is 0.144. The Morgan fingerprint density at radius 3 is 2.21 bits per heavy atom. The molecule has 4 aromatic rings. The minimum atomic E-state index is -0.171. The van der Waals surface area contributed by atoms with E-state index in [1.54, 1.807) is 20.4 Å². The Bertz CT molecular complexity index is 1750. The van der Waals surface area contributed by atoms with Crippen LogP contribution in [0.25, 0.3) is 33.6 Å². The molecule has 3 N–H and O–H groups in total. The van der Waals surface area contributed by atoms with Gasteiger partial charge in [0.15, 0.2) is 0 Å². The molecule has 11 heteroatoms. The van der Waals surface area contributed by atoms with Crippen LogP contribution < -0.4 is 20.1 Å². The van der Waals surface area contributed by atoms with Crippen molar-refractivity contribution in [3.05, 3.63) is 76.0 Å².